The van der Waals surface area contributed by atoms with Crippen LogP contribution < -0.4 is 10.0 Å². The Morgan fingerprint density at radius 3 is 2.26 bits per heavy atom. The first kappa shape index (κ1) is 18.9. The predicted octanol–water partition coefficient (Wildman–Crippen LogP) is 2.37. The van der Waals surface area contributed by atoms with Gasteiger partial charge in [0.1, 0.15) is 0 Å². The first-order valence-electron chi connectivity index (χ1n) is 7.39. The van der Waals surface area contributed by atoms with Crippen LogP contribution in [0.1, 0.15) is 53.9 Å². The molecule has 0 aromatic rings. The van der Waals surface area contributed by atoms with Crippen LogP contribution in [-0.4, -0.2) is 33.8 Å². The Hall–Kier alpha value is -0.130. The average Bonchev–Trinajstić information content (AvgIpc) is 2.31. The third-order valence-electron chi connectivity index (χ3n) is 3.75. The first-order valence-corrected chi connectivity index (χ1v) is 9.04. The molecule has 0 amide bonds. The van der Waals surface area contributed by atoms with E-state index in [9.17, 15) is 8.42 Å². The number of hydrogen-bond acceptors (Lipinski definition) is 3. The molecule has 0 aliphatic carbocycles. The monoisotopic (exact) mass is 292 g/mol. The van der Waals surface area contributed by atoms with Crippen molar-refractivity contribution in [1.82, 2.24) is 10.0 Å². The molecule has 0 aliphatic rings. The summed E-state index contributed by atoms with van der Waals surface area (Å²) in [5.74, 6) is 0.683. The molecule has 2 N–H and O–H groups in total. The van der Waals surface area contributed by atoms with E-state index in [0.29, 0.717) is 18.9 Å². The average molecular weight is 292 g/mol. The van der Waals surface area contributed by atoms with Crippen LogP contribution in [0.3, 0.4) is 0 Å². The number of rotatable bonds is 11. The van der Waals surface area contributed by atoms with E-state index >= 15 is 0 Å². The van der Waals surface area contributed by atoms with Crippen molar-refractivity contribution in [3.05, 3.63) is 0 Å². The van der Waals surface area contributed by atoms with Crippen LogP contribution >= 0.6 is 0 Å². The Balaban J connectivity index is 3.87. The summed E-state index contributed by atoms with van der Waals surface area (Å²) in [6, 6.07) is 0. The molecule has 116 valence electrons. The molecule has 5 heteroatoms. The van der Waals surface area contributed by atoms with Gasteiger partial charge in [0, 0.05) is 6.54 Å². The number of unbranched alkanes of at least 4 members (excludes halogenated alkanes) is 1. The maximum absolute atomic E-state index is 11.9. The molecule has 0 saturated carbocycles. The van der Waals surface area contributed by atoms with E-state index in [0.717, 1.165) is 25.9 Å². The molecular weight excluding hydrogens is 260 g/mol. The largest absolute Gasteiger partial charge is 0.317 e. The molecule has 0 atom stereocenters. The molecule has 0 spiro atoms. The van der Waals surface area contributed by atoms with Crippen LogP contribution in [0, 0.1) is 11.3 Å². The SMILES string of the molecule is CCCNCCCCS(=O)(=O)NCC(C)(C)C(C)C. The van der Waals surface area contributed by atoms with E-state index in [2.05, 4.69) is 44.7 Å². The van der Waals surface area contributed by atoms with Gasteiger partial charge in [-0.3, -0.25) is 0 Å². The zero-order chi connectivity index (χ0) is 14.9. The Bertz CT molecular complexity index is 324. The fourth-order valence-electron chi connectivity index (χ4n) is 1.42. The Morgan fingerprint density at radius 1 is 1.11 bits per heavy atom. The second-order valence-electron chi connectivity index (χ2n) is 6.24. The lowest BCUT2D eigenvalue weighted by atomic mass is 9.81. The minimum Gasteiger partial charge on any atom is -0.317 e. The van der Waals surface area contributed by atoms with E-state index in [1.807, 2.05) is 0 Å². The van der Waals surface area contributed by atoms with Gasteiger partial charge in [0.05, 0.1) is 5.75 Å². The molecule has 0 aromatic heterocycles. The van der Waals surface area contributed by atoms with Gasteiger partial charge in [0.2, 0.25) is 10.0 Å². The molecule has 0 aromatic carbocycles. The molecule has 0 rings (SSSR count). The second-order valence-corrected chi connectivity index (χ2v) is 8.17. The van der Waals surface area contributed by atoms with Crippen LogP contribution in [0.25, 0.3) is 0 Å². The van der Waals surface area contributed by atoms with Crippen LogP contribution in [-0.2, 0) is 10.0 Å². The normalized spacial score (nSPS) is 13.2. The quantitative estimate of drug-likeness (QED) is 0.575. The predicted molar refractivity (Wildman–Crippen MR) is 82.8 cm³/mol. The number of sulfonamides is 1. The van der Waals surface area contributed by atoms with Crippen molar-refractivity contribution < 1.29 is 8.42 Å². The molecule has 0 heterocycles. The second kappa shape index (κ2) is 8.93. The van der Waals surface area contributed by atoms with E-state index < -0.39 is 10.0 Å². The lowest BCUT2D eigenvalue weighted by molar-refractivity contribution is 0.252. The highest BCUT2D eigenvalue weighted by Crippen LogP contribution is 2.24. The van der Waals surface area contributed by atoms with Gasteiger partial charge >= 0.3 is 0 Å². The van der Waals surface area contributed by atoms with E-state index in [-0.39, 0.29) is 11.2 Å². The van der Waals surface area contributed by atoms with Gasteiger partial charge < -0.3 is 5.32 Å². The number of nitrogens with one attached hydrogen (secondary N) is 2. The van der Waals surface area contributed by atoms with Gasteiger partial charge in [-0.2, -0.15) is 0 Å². The molecule has 0 bridgehead atoms. The third kappa shape index (κ3) is 9.41. The summed E-state index contributed by atoms with van der Waals surface area (Å²) in [5, 5.41) is 3.28. The highest BCUT2D eigenvalue weighted by atomic mass is 32.2. The summed E-state index contributed by atoms with van der Waals surface area (Å²) in [5.41, 5.74) is -0.00421. The van der Waals surface area contributed by atoms with Crippen molar-refractivity contribution in [3.8, 4) is 0 Å². The van der Waals surface area contributed by atoms with Crippen molar-refractivity contribution >= 4 is 10.0 Å². The Morgan fingerprint density at radius 2 is 1.74 bits per heavy atom. The Kier molecular flexibility index (Phi) is 8.86. The highest BCUT2D eigenvalue weighted by molar-refractivity contribution is 7.89. The zero-order valence-corrected chi connectivity index (χ0v) is 14.1. The van der Waals surface area contributed by atoms with Crippen molar-refractivity contribution in [2.75, 3.05) is 25.4 Å². The maximum Gasteiger partial charge on any atom is 0.211 e. The molecule has 0 fully saturated rings. The summed E-state index contributed by atoms with van der Waals surface area (Å²) in [6.45, 7) is 13.0. The fourth-order valence-corrected chi connectivity index (χ4v) is 2.74. The zero-order valence-electron chi connectivity index (χ0n) is 13.3. The van der Waals surface area contributed by atoms with Crippen molar-refractivity contribution in [3.63, 3.8) is 0 Å². The van der Waals surface area contributed by atoms with Gasteiger partial charge in [-0.05, 0) is 43.7 Å². The van der Waals surface area contributed by atoms with Gasteiger partial charge in [-0.25, -0.2) is 13.1 Å². The highest BCUT2D eigenvalue weighted by Gasteiger charge is 2.24. The molecule has 0 aliphatic heterocycles. The molecule has 4 nitrogen and oxygen atoms in total. The van der Waals surface area contributed by atoms with E-state index in [1.165, 1.54) is 0 Å². The lowest BCUT2D eigenvalue weighted by Crippen LogP contribution is -2.38. The molecule has 19 heavy (non-hydrogen) atoms. The Labute approximate surface area is 119 Å². The molecule has 0 radical (unpaired) electrons. The maximum atomic E-state index is 11.9. The topological polar surface area (TPSA) is 58.2 Å². The van der Waals surface area contributed by atoms with E-state index in [1.54, 1.807) is 0 Å². The molecule has 0 saturated heterocycles. The smallest absolute Gasteiger partial charge is 0.211 e. The van der Waals surface area contributed by atoms with Gasteiger partial charge in [-0.1, -0.05) is 34.6 Å². The summed E-state index contributed by atoms with van der Waals surface area (Å²) < 4.78 is 26.4. The minimum atomic E-state index is -3.12. The van der Waals surface area contributed by atoms with Crippen molar-refractivity contribution in [2.24, 2.45) is 11.3 Å². The summed E-state index contributed by atoms with van der Waals surface area (Å²) in [4.78, 5) is 0. The molecular formula is C14H32N2O2S. The van der Waals surface area contributed by atoms with Gasteiger partial charge in [-0.15, -0.1) is 0 Å². The van der Waals surface area contributed by atoms with Gasteiger partial charge in [0.15, 0.2) is 0 Å². The lowest BCUT2D eigenvalue weighted by Gasteiger charge is -2.29. The number of hydrogen-bond donors (Lipinski definition) is 2. The van der Waals surface area contributed by atoms with Gasteiger partial charge in [0.25, 0.3) is 0 Å². The molecule has 0 unspecified atom stereocenters. The third-order valence-corrected chi connectivity index (χ3v) is 5.16. The van der Waals surface area contributed by atoms with Crippen LogP contribution in [0.4, 0.5) is 0 Å². The summed E-state index contributed by atoms with van der Waals surface area (Å²) in [7, 11) is -3.12. The summed E-state index contributed by atoms with van der Waals surface area (Å²) >= 11 is 0. The minimum absolute atomic E-state index is 0.00421. The standard InChI is InChI=1S/C14H32N2O2S/c1-6-9-15-10-7-8-11-19(17,18)16-12-14(4,5)13(2)3/h13,15-16H,6-12H2,1-5H3. The fraction of sp³-hybridized carbons (Fsp3) is 1.00. The van der Waals surface area contributed by atoms with Crippen LogP contribution in [0.2, 0.25) is 0 Å². The van der Waals surface area contributed by atoms with E-state index in [4.69, 9.17) is 0 Å². The van der Waals surface area contributed by atoms with Crippen LogP contribution in [0.5, 0.6) is 0 Å². The van der Waals surface area contributed by atoms with Crippen LogP contribution in [0.15, 0.2) is 0 Å². The van der Waals surface area contributed by atoms with Crippen molar-refractivity contribution in [2.45, 2.75) is 53.9 Å². The first-order chi connectivity index (χ1) is 8.71. The van der Waals surface area contributed by atoms with Crippen molar-refractivity contribution in [1.29, 1.82) is 0 Å². The summed E-state index contributed by atoms with van der Waals surface area (Å²) in [6.07, 6.45) is 2.74.